The van der Waals surface area contributed by atoms with Gasteiger partial charge in [0, 0.05) is 12.4 Å². The van der Waals surface area contributed by atoms with Gasteiger partial charge < -0.3 is 5.21 Å². The van der Waals surface area contributed by atoms with Crippen molar-refractivity contribution in [3.63, 3.8) is 0 Å². The number of aromatic nitrogens is 1. The molecule has 0 aliphatic heterocycles. The van der Waals surface area contributed by atoms with Gasteiger partial charge in [0.05, 0.1) is 11.6 Å². The Labute approximate surface area is 75.2 Å². The standard InChI is InChI=1S/C6H9N3O3S/c1-13(11,12)8-7-6-2-4-9(10)5-3-6/h2-5,8,10H,1H3. The minimum absolute atomic E-state index is 0.413. The van der Waals surface area contributed by atoms with Crippen LogP contribution in [0.5, 0.6) is 0 Å². The molecule has 0 bridgehead atoms. The van der Waals surface area contributed by atoms with Crippen LogP contribution in [0, 0.1) is 0 Å². The normalized spacial score (nSPS) is 10.8. The van der Waals surface area contributed by atoms with Gasteiger partial charge in [0.2, 0.25) is 10.0 Å². The summed E-state index contributed by atoms with van der Waals surface area (Å²) in [6, 6.07) is 2.91. The summed E-state index contributed by atoms with van der Waals surface area (Å²) in [4.78, 5) is 1.96. The third kappa shape index (κ3) is 3.61. The molecule has 2 N–H and O–H groups in total. The van der Waals surface area contributed by atoms with Crippen molar-refractivity contribution in [3.8, 4) is 0 Å². The lowest BCUT2D eigenvalue weighted by molar-refractivity contribution is 0.184. The van der Waals surface area contributed by atoms with E-state index in [0.717, 1.165) is 11.0 Å². The first-order valence-electron chi connectivity index (χ1n) is 3.35. The lowest BCUT2D eigenvalue weighted by Gasteiger charge is -1.95. The molecule has 0 fully saturated rings. The largest absolute Gasteiger partial charge is 0.429 e. The van der Waals surface area contributed by atoms with Gasteiger partial charge in [0.15, 0.2) is 0 Å². The second kappa shape index (κ2) is 3.48. The van der Waals surface area contributed by atoms with E-state index >= 15 is 0 Å². The predicted octanol–water partition coefficient (Wildman–Crippen LogP) is -0.910. The van der Waals surface area contributed by atoms with E-state index in [1.807, 2.05) is 4.83 Å². The van der Waals surface area contributed by atoms with Crippen molar-refractivity contribution in [2.75, 3.05) is 6.26 Å². The maximum Gasteiger partial charge on any atom is 0.244 e. The van der Waals surface area contributed by atoms with E-state index < -0.39 is 10.0 Å². The van der Waals surface area contributed by atoms with Crippen LogP contribution in [-0.2, 0) is 10.0 Å². The summed E-state index contributed by atoms with van der Waals surface area (Å²) in [6.45, 7) is 0. The Balaban J connectivity index is 2.90. The Hall–Kier alpha value is -1.50. The molecule has 0 spiro atoms. The number of hydrogen-bond acceptors (Lipinski definition) is 4. The number of nitrogens with zero attached hydrogens (tertiary/aromatic N) is 2. The van der Waals surface area contributed by atoms with Crippen LogP contribution in [0.15, 0.2) is 29.6 Å². The van der Waals surface area contributed by atoms with Gasteiger partial charge in [-0.2, -0.15) is 5.10 Å². The zero-order valence-corrected chi connectivity index (χ0v) is 7.69. The average molecular weight is 203 g/mol. The summed E-state index contributed by atoms with van der Waals surface area (Å²) in [7, 11) is -3.32. The highest BCUT2D eigenvalue weighted by Gasteiger charge is 1.93. The number of nitrogens with one attached hydrogen (secondary N) is 1. The molecule has 0 atom stereocenters. The molecule has 0 aliphatic carbocycles. The van der Waals surface area contributed by atoms with Crippen molar-refractivity contribution in [2.45, 2.75) is 0 Å². The van der Waals surface area contributed by atoms with E-state index in [2.05, 4.69) is 5.10 Å². The maximum absolute atomic E-state index is 10.6. The van der Waals surface area contributed by atoms with Crippen LogP contribution in [0.1, 0.15) is 0 Å². The van der Waals surface area contributed by atoms with E-state index in [1.165, 1.54) is 24.5 Å². The smallest absolute Gasteiger partial charge is 0.244 e. The second-order valence-electron chi connectivity index (χ2n) is 2.41. The molecule has 72 valence electrons. The Morgan fingerprint density at radius 1 is 1.46 bits per heavy atom. The van der Waals surface area contributed by atoms with Gasteiger partial charge in [-0.3, -0.25) is 0 Å². The van der Waals surface area contributed by atoms with Crippen molar-refractivity contribution in [3.05, 3.63) is 29.9 Å². The van der Waals surface area contributed by atoms with E-state index in [4.69, 9.17) is 5.21 Å². The predicted molar refractivity (Wildman–Crippen MR) is 45.2 cm³/mol. The molecule has 0 saturated carbocycles. The number of rotatable bonds is 2. The third-order valence-electron chi connectivity index (χ3n) is 1.14. The molecule has 13 heavy (non-hydrogen) atoms. The van der Waals surface area contributed by atoms with Crippen LogP contribution < -0.4 is 10.2 Å². The summed E-state index contributed by atoms with van der Waals surface area (Å²) in [6.07, 6.45) is 3.68. The number of pyridine rings is 1. The topological polar surface area (TPSA) is 83.7 Å². The molecule has 1 aromatic heterocycles. The summed E-state index contributed by atoms with van der Waals surface area (Å²) < 4.78 is 22.1. The van der Waals surface area contributed by atoms with Crippen molar-refractivity contribution < 1.29 is 13.6 Å². The van der Waals surface area contributed by atoms with Gasteiger partial charge in [0.25, 0.3) is 0 Å². The second-order valence-corrected chi connectivity index (χ2v) is 4.14. The summed E-state index contributed by atoms with van der Waals surface area (Å²) in [5.74, 6) is 0. The van der Waals surface area contributed by atoms with Gasteiger partial charge in [-0.15, -0.1) is 0 Å². The van der Waals surface area contributed by atoms with Crippen LogP contribution in [0.2, 0.25) is 0 Å². The summed E-state index contributed by atoms with van der Waals surface area (Å²) in [5, 5.41) is 12.8. The van der Waals surface area contributed by atoms with Crippen molar-refractivity contribution in [1.82, 2.24) is 9.56 Å². The van der Waals surface area contributed by atoms with E-state index in [0.29, 0.717) is 5.36 Å². The lowest BCUT2D eigenvalue weighted by atomic mass is 10.5. The van der Waals surface area contributed by atoms with E-state index in [-0.39, 0.29) is 0 Å². The molecule has 0 unspecified atom stereocenters. The molecule has 7 heteroatoms. The zero-order valence-electron chi connectivity index (χ0n) is 6.88. The van der Waals surface area contributed by atoms with E-state index in [1.54, 1.807) is 0 Å². The highest BCUT2D eigenvalue weighted by atomic mass is 32.2. The molecular weight excluding hydrogens is 194 g/mol. The summed E-state index contributed by atoms with van der Waals surface area (Å²) in [5.41, 5.74) is 0. The monoisotopic (exact) mass is 203 g/mol. The van der Waals surface area contributed by atoms with Gasteiger partial charge in [-0.1, -0.05) is 0 Å². The Bertz CT molecular complexity index is 428. The van der Waals surface area contributed by atoms with Crippen LogP contribution in [0.3, 0.4) is 0 Å². The molecule has 0 aromatic carbocycles. The van der Waals surface area contributed by atoms with Crippen molar-refractivity contribution >= 4 is 10.0 Å². The minimum atomic E-state index is -3.32. The minimum Gasteiger partial charge on any atom is -0.429 e. The zero-order chi connectivity index (χ0) is 9.90. The lowest BCUT2D eigenvalue weighted by Crippen LogP contribution is -2.19. The molecule has 1 heterocycles. The highest BCUT2D eigenvalue weighted by molar-refractivity contribution is 7.88. The number of hydrogen-bond donors (Lipinski definition) is 2. The molecule has 0 aliphatic rings. The highest BCUT2D eigenvalue weighted by Crippen LogP contribution is 1.76. The van der Waals surface area contributed by atoms with Crippen LogP contribution >= 0.6 is 0 Å². The van der Waals surface area contributed by atoms with Crippen molar-refractivity contribution in [1.29, 1.82) is 0 Å². The summed E-state index contributed by atoms with van der Waals surface area (Å²) >= 11 is 0. The van der Waals surface area contributed by atoms with Gasteiger partial charge in [-0.25, -0.2) is 18.0 Å². The Morgan fingerprint density at radius 3 is 2.46 bits per heavy atom. The fraction of sp³-hybridized carbons (Fsp3) is 0.167. The molecule has 0 amide bonds. The Kier molecular flexibility index (Phi) is 2.57. The van der Waals surface area contributed by atoms with Crippen LogP contribution in [-0.4, -0.2) is 24.6 Å². The molecule has 1 aromatic rings. The van der Waals surface area contributed by atoms with Crippen LogP contribution in [0.25, 0.3) is 0 Å². The van der Waals surface area contributed by atoms with Crippen molar-refractivity contribution in [2.24, 2.45) is 5.10 Å². The molecular formula is C6H9N3O3S. The van der Waals surface area contributed by atoms with E-state index in [9.17, 15) is 8.42 Å². The number of sulfonamides is 1. The first-order chi connectivity index (χ1) is 5.97. The molecule has 1 rings (SSSR count). The SMILES string of the molecule is CS(=O)(=O)NN=c1ccn(O)cc1. The fourth-order valence-corrected chi connectivity index (χ4v) is 0.892. The quantitative estimate of drug-likeness (QED) is 0.482. The van der Waals surface area contributed by atoms with Gasteiger partial charge >= 0.3 is 0 Å². The maximum atomic E-state index is 10.6. The average Bonchev–Trinajstić information content (AvgIpc) is 2.02. The van der Waals surface area contributed by atoms with Gasteiger partial charge in [0.1, 0.15) is 0 Å². The first kappa shape index (κ1) is 9.59. The molecule has 0 saturated heterocycles. The Morgan fingerprint density at radius 2 is 2.00 bits per heavy atom. The third-order valence-corrected chi connectivity index (χ3v) is 1.56. The molecule has 6 nitrogen and oxygen atoms in total. The first-order valence-corrected chi connectivity index (χ1v) is 5.24. The van der Waals surface area contributed by atoms with Crippen LogP contribution in [0.4, 0.5) is 0 Å². The molecule has 0 radical (unpaired) electrons. The van der Waals surface area contributed by atoms with Gasteiger partial charge in [-0.05, 0) is 12.1 Å². The fourth-order valence-electron chi connectivity index (χ4n) is 0.621.